The highest BCUT2D eigenvalue weighted by atomic mass is 16.7. The molecule has 2 aromatic carbocycles. The van der Waals surface area contributed by atoms with Crippen LogP contribution in [0.3, 0.4) is 0 Å². The van der Waals surface area contributed by atoms with Crippen LogP contribution in [0.2, 0.25) is 0 Å². The Labute approximate surface area is 192 Å². The van der Waals surface area contributed by atoms with Gasteiger partial charge in [-0.15, -0.1) is 0 Å². The normalized spacial score (nSPS) is 27.3. The molecule has 0 spiro atoms. The highest BCUT2D eigenvalue weighted by molar-refractivity contribution is 5.84. The van der Waals surface area contributed by atoms with Crippen LogP contribution < -0.4 is 0 Å². The minimum Gasteiger partial charge on any atom is -0.394 e. The minimum atomic E-state index is -1.96. The maximum Gasteiger partial charge on any atom is 0.186 e. The van der Waals surface area contributed by atoms with Crippen LogP contribution in [-0.4, -0.2) is 68.9 Å². The zero-order valence-corrected chi connectivity index (χ0v) is 18.7. The second-order valence-corrected chi connectivity index (χ2v) is 8.48. The van der Waals surface area contributed by atoms with Gasteiger partial charge >= 0.3 is 0 Å². The molecule has 1 saturated heterocycles. The van der Waals surface area contributed by atoms with E-state index in [0.717, 1.165) is 16.6 Å². The lowest BCUT2D eigenvalue weighted by Crippen LogP contribution is -2.68. The quantitative estimate of drug-likeness (QED) is 0.434. The first kappa shape index (κ1) is 23.5. The number of aromatic nitrogens is 1. The van der Waals surface area contributed by atoms with Crippen molar-refractivity contribution >= 4 is 10.9 Å². The van der Waals surface area contributed by atoms with Crippen molar-refractivity contribution < 1.29 is 29.9 Å². The molecule has 4 rings (SSSR count). The fourth-order valence-corrected chi connectivity index (χ4v) is 4.48. The second kappa shape index (κ2) is 9.65. The summed E-state index contributed by atoms with van der Waals surface area (Å²) in [6.07, 6.45) is -2.62. The molecule has 3 aromatic rings. The van der Waals surface area contributed by atoms with Gasteiger partial charge in [-0.05, 0) is 29.3 Å². The number of hydrogen-bond donors (Lipinski definition) is 4. The Morgan fingerprint density at radius 2 is 1.91 bits per heavy atom. The summed E-state index contributed by atoms with van der Waals surface area (Å²) in [6.45, 7) is -0.518. The summed E-state index contributed by atoms with van der Waals surface area (Å²) in [6, 6.07) is 15.5. The number of ether oxygens (including phenoxy) is 2. The summed E-state index contributed by atoms with van der Waals surface area (Å²) in [5.74, 6) is 6.38. The number of fused-ring (bicyclic) bond motifs is 1. The zero-order valence-electron chi connectivity index (χ0n) is 18.7. The molecule has 1 aromatic heterocycles. The van der Waals surface area contributed by atoms with Gasteiger partial charge in [0.1, 0.15) is 23.9 Å². The average Bonchev–Trinajstić information content (AvgIpc) is 3.14. The molecule has 0 bridgehead atoms. The summed E-state index contributed by atoms with van der Waals surface area (Å²) in [7, 11) is 3.34. The molecule has 1 aliphatic heterocycles. The van der Waals surface area contributed by atoms with Gasteiger partial charge in [-0.2, -0.15) is 0 Å². The van der Waals surface area contributed by atoms with Gasteiger partial charge in [-0.25, -0.2) is 0 Å². The van der Waals surface area contributed by atoms with Crippen LogP contribution in [0, 0.1) is 11.8 Å². The van der Waals surface area contributed by atoms with Crippen LogP contribution >= 0.6 is 0 Å². The Morgan fingerprint density at radius 3 is 2.67 bits per heavy atom. The fraction of sp³-hybridized carbons (Fsp3) is 0.385. The van der Waals surface area contributed by atoms with Gasteiger partial charge in [0.2, 0.25) is 0 Å². The van der Waals surface area contributed by atoms with E-state index in [9.17, 15) is 20.4 Å². The minimum absolute atomic E-state index is 0.0616. The van der Waals surface area contributed by atoms with E-state index in [4.69, 9.17) is 9.47 Å². The summed E-state index contributed by atoms with van der Waals surface area (Å²) in [5.41, 5.74) is 1.80. The number of rotatable bonds is 5. The monoisotopic (exact) mass is 451 g/mol. The lowest BCUT2D eigenvalue weighted by atomic mass is 9.79. The molecule has 0 radical (unpaired) electrons. The number of para-hydroxylation sites is 1. The number of aliphatic hydroxyl groups excluding tert-OH is 3. The molecular weight excluding hydrogens is 422 g/mol. The summed E-state index contributed by atoms with van der Waals surface area (Å²) in [4.78, 5) is 0. The maximum atomic E-state index is 11.2. The molecule has 2 heterocycles. The van der Waals surface area contributed by atoms with Crippen molar-refractivity contribution in [1.29, 1.82) is 0 Å². The molecule has 7 heteroatoms. The Morgan fingerprint density at radius 1 is 1.12 bits per heavy atom. The van der Waals surface area contributed by atoms with Crippen molar-refractivity contribution in [3.05, 3.63) is 71.4 Å². The average molecular weight is 452 g/mol. The van der Waals surface area contributed by atoms with Gasteiger partial charge in [0, 0.05) is 49.7 Å². The van der Waals surface area contributed by atoms with E-state index in [-0.39, 0.29) is 6.42 Å². The van der Waals surface area contributed by atoms with Gasteiger partial charge < -0.3 is 34.5 Å². The number of nitrogens with zero attached hydrogens (tertiary/aromatic N) is 1. The van der Waals surface area contributed by atoms with Crippen LogP contribution in [0.15, 0.2) is 54.7 Å². The lowest BCUT2D eigenvalue weighted by Gasteiger charge is -2.47. The van der Waals surface area contributed by atoms with Gasteiger partial charge in [0.05, 0.1) is 6.61 Å². The van der Waals surface area contributed by atoms with Crippen molar-refractivity contribution in [3.63, 3.8) is 0 Å². The largest absolute Gasteiger partial charge is 0.394 e. The van der Waals surface area contributed by atoms with E-state index in [2.05, 4.69) is 34.7 Å². The number of methoxy groups -OCH3 is 1. The van der Waals surface area contributed by atoms with Gasteiger partial charge in [0.25, 0.3) is 0 Å². The first-order valence-electron chi connectivity index (χ1n) is 10.9. The number of aliphatic hydroxyl groups is 4. The molecule has 4 N–H and O–H groups in total. The van der Waals surface area contributed by atoms with Crippen molar-refractivity contribution in [3.8, 4) is 11.8 Å². The molecule has 1 fully saturated rings. The Bertz CT molecular complexity index is 1160. The first-order valence-corrected chi connectivity index (χ1v) is 10.9. The predicted octanol–water partition coefficient (Wildman–Crippen LogP) is 1.13. The van der Waals surface area contributed by atoms with Crippen LogP contribution in [-0.2, 0) is 29.4 Å². The molecule has 0 aliphatic carbocycles. The molecule has 1 aliphatic rings. The molecule has 7 nitrogen and oxygen atoms in total. The van der Waals surface area contributed by atoms with Crippen LogP contribution in [0.1, 0.15) is 16.7 Å². The van der Waals surface area contributed by atoms with Crippen LogP contribution in [0.5, 0.6) is 0 Å². The maximum absolute atomic E-state index is 11.2. The number of hydrogen-bond acceptors (Lipinski definition) is 6. The molecule has 0 unspecified atom stereocenters. The number of benzene rings is 2. The van der Waals surface area contributed by atoms with Crippen LogP contribution in [0.4, 0.5) is 0 Å². The van der Waals surface area contributed by atoms with Crippen LogP contribution in [0.25, 0.3) is 10.9 Å². The third kappa shape index (κ3) is 4.55. The SMILES string of the molecule is CO[C@@H]1O[C@H](CO)[C@H](O)[C@@](O)(Cc2cccc(C#CCc3cn(C)c4ccccc34)c2)[C@H]1O. The molecule has 0 amide bonds. The van der Waals surface area contributed by atoms with Crippen molar-refractivity contribution in [2.75, 3.05) is 13.7 Å². The molecule has 0 saturated carbocycles. The summed E-state index contributed by atoms with van der Waals surface area (Å²) < 4.78 is 12.5. The van der Waals surface area contributed by atoms with E-state index >= 15 is 0 Å². The smallest absolute Gasteiger partial charge is 0.186 e. The highest BCUT2D eigenvalue weighted by Crippen LogP contribution is 2.33. The third-order valence-corrected chi connectivity index (χ3v) is 6.26. The summed E-state index contributed by atoms with van der Waals surface area (Å²) in [5, 5.41) is 43.0. The van der Waals surface area contributed by atoms with E-state index in [1.807, 2.05) is 37.4 Å². The molecule has 5 atom stereocenters. The molecule has 174 valence electrons. The Kier molecular flexibility index (Phi) is 6.86. The molecular formula is C26H29NO6. The van der Waals surface area contributed by atoms with Crippen molar-refractivity contribution in [2.24, 2.45) is 7.05 Å². The standard InChI is InChI=1S/C26H29NO6/c1-27-15-19(20-11-3-4-12-21(20)27)10-6-8-17-7-5-9-18(13-17)14-26(31)23(29)22(16-28)33-25(32-2)24(26)30/h3-5,7,9,11-13,15,22-25,28-31H,10,14,16H2,1-2H3/t22-,23+,24+,25-,26+/m1/s1. The van der Waals surface area contributed by atoms with Crippen molar-refractivity contribution in [1.82, 2.24) is 4.57 Å². The zero-order chi connectivity index (χ0) is 23.6. The van der Waals surface area contributed by atoms with Gasteiger partial charge in [-0.3, -0.25) is 0 Å². The van der Waals surface area contributed by atoms with E-state index in [1.54, 1.807) is 6.07 Å². The summed E-state index contributed by atoms with van der Waals surface area (Å²) >= 11 is 0. The topological polar surface area (TPSA) is 104 Å². The lowest BCUT2D eigenvalue weighted by molar-refractivity contribution is -0.327. The fourth-order valence-electron chi connectivity index (χ4n) is 4.48. The predicted molar refractivity (Wildman–Crippen MR) is 123 cm³/mol. The van der Waals surface area contributed by atoms with Crippen molar-refractivity contribution in [2.45, 2.75) is 43.0 Å². The van der Waals surface area contributed by atoms with E-state index in [0.29, 0.717) is 12.0 Å². The van der Waals surface area contributed by atoms with E-state index in [1.165, 1.54) is 12.5 Å². The first-order chi connectivity index (χ1) is 15.9. The highest BCUT2D eigenvalue weighted by Gasteiger charge is 2.55. The Balaban J connectivity index is 1.53. The molecule has 33 heavy (non-hydrogen) atoms. The number of aryl methyl sites for hydroxylation is 1. The Hall–Kier alpha value is -2.70. The second-order valence-electron chi connectivity index (χ2n) is 8.48. The van der Waals surface area contributed by atoms with E-state index < -0.39 is 36.8 Å². The van der Waals surface area contributed by atoms with Gasteiger partial charge in [-0.1, -0.05) is 42.2 Å². The van der Waals surface area contributed by atoms with Gasteiger partial charge in [0.15, 0.2) is 6.29 Å². The third-order valence-electron chi connectivity index (χ3n) is 6.26.